The molecule has 0 heterocycles. The molecule has 0 fully saturated rings. The molecule has 108 valence electrons. The zero-order chi connectivity index (χ0) is 15.6. The molecule has 21 heavy (non-hydrogen) atoms. The van der Waals surface area contributed by atoms with Gasteiger partial charge in [-0.25, -0.2) is 4.79 Å². The second kappa shape index (κ2) is 6.11. The minimum Gasteiger partial charge on any atom is -0.478 e. The molecule has 0 aliphatic rings. The number of nitrogens with zero attached hydrogens (tertiary/aromatic N) is 1. The fourth-order valence-corrected chi connectivity index (χ4v) is 2.37. The fraction of sp³-hybridized carbons (Fsp3) is 0. The summed E-state index contributed by atoms with van der Waals surface area (Å²) >= 11 is 9.11. The van der Waals surface area contributed by atoms with Crippen LogP contribution in [0.1, 0.15) is 10.4 Å². The predicted molar refractivity (Wildman–Crippen MR) is 82.5 cm³/mol. The molecule has 0 aliphatic carbocycles. The summed E-state index contributed by atoms with van der Waals surface area (Å²) in [5.41, 5.74) is 1.14. The number of carboxylic acids is 1. The van der Waals surface area contributed by atoms with Crippen LogP contribution in [-0.2, 0) is 0 Å². The number of nitrogens with one attached hydrogen (secondary N) is 1. The third kappa shape index (κ3) is 3.50. The summed E-state index contributed by atoms with van der Waals surface area (Å²) in [5.74, 6) is -1.11. The largest absolute Gasteiger partial charge is 0.478 e. The molecule has 0 amide bonds. The van der Waals surface area contributed by atoms with Crippen LogP contribution in [0.4, 0.5) is 17.1 Å². The summed E-state index contributed by atoms with van der Waals surface area (Å²) < 4.78 is 0.509. The van der Waals surface area contributed by atoms with Gasteiger partial charge in [0.2, 0.25) is 0 Å². The Morgan fingerprint density at radius 1 is 1.29 bits per heavy atom. The number of carboxylic acid groups (broad SMARTS) is 1. The minimum atomic E-state index is -1.11. The highest BCUT2D eigenvalue weighted by Crippen LogP contribution is 2.31. The Labute approximate surface area is 132 Å². The zero-order valence-electron chi connectivity index (χ0n) is 10.3. The average molecular weight is 372 g/mol. The Bertz CT molecular complexity index is 736. The van der Waals surface area contributed by atoms with E-state index < -0.39 is 10.9 Å². The molecule has 2 aromatic rings. The topological polar surface area (TPSA) is 92.5 Å². The number of aromatic carboxylic acids is 1. The lowest BCUT2D eigenvalue weighted by Gasteiger charge is -2.09. The van der Waals surface area contributed by atoms with Crippen LogP contribution in [-0.4, -0.2) is 16.0 Å². The first-order valence-electron chi connectivity index (χ1n) is 5.62. The lowest BCUT2D eigenvalue weighted by molar-refractivity contribution is -0.384. The Morgan fingerprint density at radius 2 is 2.00 bits per heavy atom. The molecule has 0 bridgehead atoms. The standard InChI is InChI=1S/C13H8BrClN2O4/c14-10-6-8(17(20)21)2-4-12(10)16-7-1-3-9(13(18)19)11(15)5-7/h1-6,16H,(H,18,19). The average Bonchev–Trinajstić information content (AvgIpc) is 2.40. The lowest BCUT2D eigenvalue weighted by Crippen LogP contribution is -1.99. The second-order valence-corrected chi connectivity index (χ2v) is 5.31. The molecule has 0 aromatic heterocycles. The van der Waals surface area contributed by atoms with E-state index in [2.05, 4.69) is 21.2 Å². The molecule has 2 rings (SSSR count). The van der Waals surface area contributed by atoms with E-state index in [1.54, 1.807) is 12.1 Å². The molecule has 8 heteroatoms. The maximum Gasteiger partial charge on any atom is 0.337 e. The number of hydrogen-bond acceptors (Lipinski definition) is 4. The molecule has 0 spiro atoms. The number of rotatable bonds is 4. The highest BCUT2D eigenvalue weighted by Gasteiger charge is 2.11. The summed E-state index contributed by atoms with van der Waals surface area (Å²) in [6.45, 7) is 0. The van der Waals surface area contributed by atoms with Gasteiger partial charge in [-0.3, -0.25) is 10.1 Å². The van der Waals surface area contributed by atoms with Gasteiger partial charge in [-0.1, -0.05) is 11.6 Å². The van der Waals surface area contributed by atoms with Crippen LogP contribution in [0.2, 0.25) is 5.02 Å². The normalized spacial score (nSPS) is 10.2. The smallest absolute Gasteiger partial charge is 0.337 e. The second-order valence-electron chi connectivity index (χ2n) is 4.05. The minimum absolute atomic E-state index is 0.00461. The maximum atomic E-state index is 10.9. The van der Waals surface area contributed by atoms with Crippen LogP contribution >= 0.6 is 27.5 Å². The van der Waals surface area contributed by atoms with Crippen molar-refractivity contribution in [3.05, 3.63) is 61.6 Å². The van der Waals surface area contributed by atoms with Gasteiger partial charge in [0.05, 0.1) is 21.2 Å². The maximum absolute atomic E-state index is 10.9. The first-order valence-corrected chi connectivity index (χ1v) is 6.79. The molecule has 2 N–H and O–H groups in total. The van der Waals surface area contributed by atoms with E-state index in [1.165, 1.54) is 24.3 Å². The first kappa shape index (κ1) is 15.3. The van der Waals surface area contributed by atoms with Crippen molar-refractivity contribution >= 4 is 50.6 Å². The van der Waals surface area contributed by atoms with Gasteiger partial charge in [0.1, 0.15) is 0 Å². The molecule has 0 atom stereocenters. The Morgan fingerprint density at radius 3 is 2.52 bits per heavy atom. The highest BCUT2D eigenvalue weighted by atomic mass is 79.9. The van der Waals surface area contributed by atoms with Crippen molar-refractivity contribution in [2.24, 2.45) is 0 Å². The number of benzene rings is 2. The number of nitro benzene ring substituents is 1. The predicted octanol–water partition coefficient (Wildman–Crippen LogP) is 4.45. The van der Waals surface area contributed by atoms with Gasteiger partial charge in [0.15, 0.2) is 0 Å². The van der Waals surface area contributed by atoms with Gasteiger partial charge in [0, 0.05) is 22.3 Å². The summed E-state index contributed by atoms with van der Waals surface area (Å²) in [6.07, 6.45) is 0. The van der Waals surface area contributed by atoms with Gasteiger partial charge in [-0.2, -0.15) is 0 Å². The third-order valence-electron chi connectivity index (χ3n) is 2.64. The number of nitro groups is 1. The number of anilines is 2. The number of non-ortho nitro benzene ring substituents is 1. The van der Waals surface area contributed by atoms with Crippen LogP contribution in [0.5, 0.6) is 0 Å². The van der Waals surface area contributed by atoms with Gasteiger partial charge in [-0.15, -0.1) is 0 Å². The molecule has 6 nitrogen and oxygen atoms in total. The van der Waals surface area contributed by atoms with Crippen molar-refractivity contribution in [2.45, 2.75) is 0 Å². The van der Waals surface area contributed by atoms with Crippen LogP contribution in [0.15, 0.2) is 40.9 Å². The van der Waals surface area contributed by atoms with E-state index in [0.717, 1.165) is 0 Å². The highest BCUT2D eigenvalue weighted by molar-refractivity contribution is 9.10. The number of carbonyl (C=O) groups is 1. The van der Waals surface area contributed by atoms with Crippen molar-refractivity contribution in [3.8, 4) is 0 Å². The van der Waals surface area contributed by atoms with Crippen molar-refractivity contribution in [3.63, 3.8) is 0 Å². The molecular weight excluding hydrogens is 364 g/mol. The number of halogens is 2. The Kier molecular flexibility index (Phi) is 4.44. The summed E-state index contributed by atoms with van der Waals surface area (Å²) in [5, 5.41) is 22.7. The Balaban J connectivity index is 2.28. The van der Waals surface area contributed by atoms with Crippen molar-refractivity contribution in [1.82, 2.24) is 0 Å². The van der Waals surface area contributed by atoms with E-state index in [-0.39, 0.29) is 16.3 Å². The van der Waals surface area contributed by atoms with E-state index >= 15 is 0 Å². The summed E-state index contributed by atoms with van der Waals surface area (Å²) in [4.78, 5) is 21.0. The first-order chi connectivity index (χ1) is 9.88. The fourth-order valence-electron chi connectivity index (χ4n) is 1.64. The molecular formula is C13H8BrClN2O4. The van der Waals surface area contributed by atoms with Crippen LogP contribution < -0.4 is 5.32 Å². The van der Waals surface area contributed by atoms with Crippen molar-refractivity contribution in [1.29, 1.82) is 0 Å². The van der Waals surface area contributed by atoms with Crippen LogP contribution in [0, 0.1) is 10.1 Å². The molecule has 0 unspecified atom stereocenters. The van der Waals surface area contributed by atoms with E-state index in [0.29, 0.717) is 15.8 Å². The zero-order valence-corrected chi connectivity index (χ0v) is 12.7. The molecule has 2 aromatic carbocycles. The molecule has 0 radical (unpaired) electrons. The van der Waals surface area contributed by atoms with Gasteiger partial charge >= 0.3 is 5.97 Å². The van der Waals surface area contributed by atoms with Gasteiger partial charge < -0.3 is 10.4 Å². The molecule has 0 aliphatic heterocycles. The molecule has 0 saturated heterocycles. The number of hydrogen-bond donors (Lipinski definition) is 2. The molecule has 0 saturated carbocycles. The quantitative estimate of drug-likeness (QED) is 0.612. The van der Waals surface area contributed by atoms with Crippen LogP contribution in [0.25, 0.3) is 0 Å². The van der Waals surface area contributed by atoms with Crippen molar-refractivity contribution < 1.29 is 14.8 Å². The van der Waals surface area contributed by atoms with Gasteiger partial charge in [0.25, 0.3) is 5.69 Å². The lowest BCUT2D eigenvalue weighted by atomic mass is 10.2. The van der Waals surface area contributed by atoms with E-state index in [9.17, 15) is 14.9 Å². The SMILES string of the molecule is O=C(O)c1ccc(Nc2ccc([N+](=O)[O-])cc2Br)cc1Cl. The monoisotopic (exact) mass is 370 g/mol. The van der Waals surface area contributed by atoms with E-state index in [4.69, 9.17) is 16.7 Å². The summed E-state index contributed by atoms with van der Waals surface area (Å²) in [6, 6.07) is 8.69. The van der Waals surface area contributed by atoms with Crippen LogP contribution in [0.3, 0.4) is 0 Å². The Hall–Kier alpha value is -2.12. The van der Waals surface area contributed by atoms with Crippen molar-refractivity contribution in [2.75, 3.05) is 5.32 Å². The summed E-state index contributed by atoms with van der Waals surface area (Å²) in [7, 11) is 0. The van der Waals surface area contributed by atoms with Gasteiger partial charge in [-0.05, 0) is 40.2 Å². The van der Waals surface area contributed by atoms with E-state index in [1.807, 2.05) is 0 Å². The third-order valence-corrected chi connectivity index (χ3v) is 3.61.